The number of halogens is 1. The highest BCUT2D eigenvalue weighted by molar-refractivity contribution is 9.09. The second kappa shape index (κ2) is 6.72. The number of alkyl halides is 1. The van der Waals surface area contributed by atoms with E-state index >= 15 is 0 Å². The minimum Gasteiger partial charge on any atom is -0.338 e. The van der Waals surface area contributed by atoms with E-state index in [1.54, 1.807) is 24.3 Å². The zero-order valence-electron chi connectivity index (χ0n) is 10.8. The summed E-state index contributed by atoms with van der Waals surface area (Å²) in [6.45, 7) is 1.70. The molecule has 0 radical (unpaired) electrons. The van der Waals surface area contributed by atoms with E-state index in [0.717, 1.165) is 31.3 Å². The number of amides is 1. The fourth-order valence-electron chi connectivity index (χ4n) is 2.51. The first-order chi connectivity index (χ1) is 9.24. The Bertz CT molecular complexity index is 476. The second-order valence-corrected chi connectivity index (χ2v) is 5.72. The van der Waals surface area contributed by atoms with Crippen LogP contribution in [0.2, 0.25) is 0 Å². The van der Waals surface area contributed by atoms with Crippen molar-refractivity contribution in [1.29, 1.82) is 5.26 Å². The fraction of sp³-hybridized carbons (Fsp3) is 0.467. The first kappa shape index (κ1) is 14.1. The number of nitriles is 1. The van der Waals surface area contributed by atoms with Gasteiger partial charge in [0, 0.05) is 24.0 Å². The lowest BCUT2D eigenvalue weighted by Gasteiger charge is -2.32. The summed E-state index contributed by atoms with van der Waals surface area (Å²) in [5, 5.41) is 9.76. The number of rotatable bonds is 3. The third kappa shape index (κ3) is 3.57. The molecule has 1 aromatic rings. The normalized spacial score (nSPS) is 18.9. The number of likely N-dealkylation sites (tertiary alicyclic amines) is 1. The summed E-state index contributed by atoms with van der Waals surface area (Å²) in [6.07, 6.45) is 3.42. The van der Waals surface area contributed by atoms with Gasteiger partial charge in [0.15, 0.2) is 0 Å². The zero-order chi connectivity index (χ0) is 13.7. The summed E-state index contributed by atoms with van der Waals surface area (Å²) >= 11 is 3.47. The summed E-state index contributed by atoms with van der Waals surface area (Å²) in [4.78, 5) is 14.3. The van der Waals surface area contributed by atoms with Gasteiger partial charge in [-0.25, -0.2) is 0 Å². The lowest BCUT2D eigenvalue weighted by Crippen LogP contribution is -2.40. The van der Waals surface area contributed by atoms with Gasteiger partial charge in [-0.05, 0) is 49.4 Å². The smallest absolute Gasteiger partial charge is 0.253 e. The Labute approximate surface area is 122 Å². The van der Waals surface area contributed by atoms with E-state index in [0.29, 0.717) is 17.0 Å². The van der Waals surface area contributed by atoms with Crippen LogP contribution in [0.4, 0.5) is 0 Å². The molecule has 1 amide bonds. The summed E-state index contributed by atoms with van der Waals surface area (Å²) < 4.78 is 0. The monoisotopic (exact) mass is 320 g/mol. The van der Waals surface area contributed by atoms with E-state index in [1.165, 1.54) is 6.42 Å². The van der Waals surface area contributed by atoms with Crippen LogP contribution in [-0.4, -0.2) is 29.2 Å². The van der Waals surface area contributed by atoms with Crippen LogP contribution in [0, 0.1) is 17.2 Å². The molecule has 1 unspecified atom stereocenters. The van der Waals surface area contributed by atoms with Crippen molar-refractivity contribution >= 4 is 21.8 Å². The molecule has 1 aliphatic heterocycles. The molecular weight excluding hydrogens is 304 g/mol. The minimum atomic E-state index is 0.0868. The van der Waals surface area contributed by atoms with E-state index in [4.69, 9.17) is 5.26 Å². The SMILES string of the molecule is N#Cc1ccc(C(=O)N2CCCC(CCBr)C2)cc1. The van der Waals surface area contributed by atoms with Crippen LogP contribution in [0.5, 0.6) is 0 Å². The summed E-state index contributed by atoms with van der Waals surface area (Å²) in [7, 11) is 0. The van der Waals surface area contributed by atoms with Gasteiger partial charge >= 0.3 is 0 Å². The maximum absolute atomic E-state index is 12.4. The quantitative estimate of drug-likeness (QED) is 0.803. The van der Waals surface area contributed by atoms with Gasteiger partial charge in [-0.1, -0.05) is 15.9 Å². The van der Waals surface area contributed by atoms with Gasteiger partial charge in [0.25, 0.3) is 5.91 Å². The van der Waals surface area contributed by atoms with Crippen LogP contribution >= 0.6 is 15.9 Å². The van der Waals surface area contributed by atoms with Crippen molar-refractivity contribution in [3.05, 3.63) is 35.4 Å². The van der Waals surface area contributed by atoms with Crippen LogP contribution < -0.4 is 0 Å². The molecular formula is C15H17BrN2O. The molecule has 1 heterocycles. The number of carbonyl (C=O) groups excluding carboxylic acids is 1. The topological polar surface area (TPSA) is 44.1 Å². The van der Waals surface area contributed by atoms with Crippen molar-refractivity contribution in [3.63, 3.8) is 0 Å². The van der Waals surface area contributed by atoms with Gasteiger partial charge in [0.05, 0.1) is 11.6 Å². The Kier molecular flexibility index (Phi) is 4.98. The lowest BCUT2D eigenvalue weighted by atomic mass is 9.95. The number of carbonyl (C=O) groups is 1. The Morgan fingerprint density at radius 2 is 2.16 bits per heavy atom. The Hall–Kier alpha value is -1.34. The van der Waals surface area contributed by atoms with Gasteiger partial charge < -0.3 is 4.90 Å². The number of benzene rings is 1. The fourth-order valence-corrected chi connectivity index (χ4v) is 3.16. The number of nitrogens with zero attached hydrogens (tertiary/aromatic N) is 2. The Balaban J connectivity index is 2.04. The molecule has 0 N–H and O–H groups in total. The maximum Gasteiger partial charge on any atom is 0.253 e. The molecule has 0 saturated carbocycles. The van der Waals surface area contributed by atoms with E-state index in [9.17, 15) is 4.79 Å². The average molecular weight is 321 g/mol. The highest BCUT2D eigenvalue weighted by atomic mass is 79.9. The van der Waals surface area contributed by atoms with E-state index in [1.807, 2.05) is 4.90 Å². The molecule has 0 spiro atoms. The minimum absolute atomic E-state index is 0.0868. The van der Waals surface area contributed by atoms with Crippen molar-refractivity contribution in [2.75, 3.05) is 18.4 Å². The highest BCUT2D eigenvalue weighted by Crippen LogP contribution is 2.22. The van der Waals surface area contributed by atoms with Crippen molar-refractivity contribution < 1.29 is 4.79 Å². The van der Waals surface area contributed by atoms with E-state index in [-0.39, 0.29) is 5.91 Å². The predicted molar refractivity (Wildman–Crippen MR) is 78.2 cm³/mol. The molecule has 3 nitrogen and oxygen atoms in total. The van der Waals surface area contributed by atoms with Crippen LogP contribution in [0.1, 0.15) is 35.2 Å². The third-order valence-corrected chi connectivity index (χ3v) is 4.04. The van der Waals surface area contributed by atoms with Crippen LogP contribution in [0.3, 0.4) is 0 Å². The van der Waals surface area contributed by atoms with Crippen molar-refractivity contribution in [2.45, 2.75) is 19.3 Å². The molecule has 2 rings (SSSR count). The lowest BCUT2D eigenvalue weighted by molar-refractivity contribution is 0.0672. The molecule has 19 heavy (non-hydrogen) atoms. The molecule has 1 fully saturated rings. The molecule has 0 bridgehead atoms. The molecule has 0 aliphatic carbocycles. The van der Waals surface area contributed by atoms with Crippen LogP contribution in [0.25, 0.3) is 0 Å². The van der Waals surface area contributed by atoms with Gasteiger partial charge in [0.2, 0.25) is 0 Å². The van der Waals surface area contributed by atoms with Crippen molar-refractivity contribution in [3.8, 4) is 6.07 Å². The van der Waals surface area contributed by atoms with Crippen molar-refractivity contribution in [2.24, 2.45) is 5.92 Å². The molecule has 1 atom stereocenters. The number of piperidine rings is 1. The number of hydrogen-bond donors (Lipinski definition) is 0. The van der Waals surface area contributed by atoms with Gasteiger partial charge in [-0.3, -0.25) is 4.79 Å². The Morgan fingerprint density at radius 3 is 2.79 bits per heavy atom. The predicted octanol–water partition coefficient (Wildman–Crippen LogP) is 3.20. The molecule has 0 aromatic heterocycles. The van der Waals surface area contributed by atoms with Gasteiger partial charge in [-0.2, -0.15) is 5.26 Å². The highest BCUT2D eigenvalue weighted by Gasteiger charge is 2.23. The van der Waals surface area contributed by atoms with Gasteiger partial charge in [-0.15, -0.1) is 0 Å². The molecule has 100 valence electrons. The largest absolute Gasteiger partial charge is 0.338 e. The molecule has 1 saturated heterocycles. The van der Waals surface area contributed by atoms with Crippen molar-refractivity contribution in [1.82, 2.24) is 4.90 Å². The summed E-state index contributed by atoms with van der Waals surface area (Å²) in [5.41, 5.74) is 1.27. The maximum atomic E-state index is 12.4. The molecule has 1 aromatic carbocycles. The van der Waals surface area contributed by atoms with E-state index < -0.39 is 0 Å². The Morgan fingerprint density at radius 1 is 1.42 bits per heavy atom. The standard InChI is InChI=1S/C15H17BrN2O/c16-8-7-13-2-1-9-18(11-13)15(19)14-5-3-12(10-17)4-6-14/h3-6,13H,1-2,7-9,11H2. The third-order valence-electron chi connectivity index (χ3n) is 3.58. The van der Waals surface area contributed by atoms with Crippen LogP contribution in [-0.2, 0) is 0 Å². The zero-order valence-corrected chi connectivity index (χ0v) is 12.4. The number of hydrogen-bond acceptors (Lipinski definition) is 2. The summed E-state index contributed by atoms with van der Waals surface area (Å²) in [6, 6.07) is 8.96. The van der Waals surface area contributed by atoms with Crippen LogP contribution in [0.15, 0.2) is 24.3 Å². The second-order valence-electron chi connectivity index (χ2n) is 4.93. The molecule has 4 heteroatoms. The first-order valence-electron chi connectivity index (χ1n) is 6.60. The molecule has 1 aliphatic rings. The summed E-state index contributed by atoms with van der Waals surface area (Å²) in [5.74, 6) is 0.694. The average Bonchev–Trinajstić information content (AvgIpc) is 2.47. The first-order valence-corrected chi connectivity index (χ1v) is 7.72. The van der Waals surface area contributed by atoms with E-state index in [2.05, 4.69) is 22.0 Å². The van der Waals surface area contributed by atoms with Gasteiger partial charge in [0.1, 0.15) is 0 Å².